The lowest BCUT2D eigenvalue weighted by molar-refractivity contribution is -0.150. The van der Waals surface area contributed by atoms with Gasteiger partial charge in [-0.15, -0.1) is 0 Å². The number of amides is 2. The maximum Gasteiger partial charge on any atom is 0.417 e. The number of fused-ring (bicyclic) bond motifs is 1. The summed E-state index contributed by atoms with van der Waals surface area (Å²) in [4.78, 5) is 31.3. The first-order chi connectivity index (χ1) is 17.4. The fourth-order valence-corrected chi connectivity index (χ4v) is 4.03. The first kappa shape index (κ1) is 23.3. The van der Waals surface area contributed by atoms with Crippen molar-refractivity contribution < 1.29 is 33.8 Å². The molecule has 3 heterocycles. The molecule has 0 spiro atoms. The van der Waals surface area contributed by atoms with Gasteiger partial charge >= 0.3 is 6.08 Å². The zero-order valence-electron chi connectivity index (χ0n) is 19.4. The number of benzene rings is 2. The van der Waals surface area contributed by atoms with Crippen molar-refractivity contribution in [2.24, 2.45) is 7.05 Å². The Morgan fingerprint density at radius 1 is 1.25 bits per heavy atom. The number of hydrogen-bond acceptors (Lipinski definition) is 9. The monoisotopic (exact) mass is 493 g/mol. The number of anilines is 2. The summed E-state index contributed by atoms with van der Waals surface area (Å²) >= 11 is 0. The van der Waals surface area contributed by atoms with Crippen LogP contribution < -0.4 is 15.0 Å². The first-order valence-corrected chi connectivity index (χ1v) is 11.0. The third kappa shape index (κ3) is 4.23. The number of rotatable bonds is 6. The molecule has 1 fully saturated rings. The number of hydrogen-bond donors (Lipinski definition) is 3. The van der Waals surface area contributed by atoms with Gasteiger partial charge in [0, 0.05) is 47.5 Å². The van der Waals surface area contributed by atoms with Gasteiger partial charge in [-0.3, -0.25) is 14.1 Å². The Bertz CT molecular complexity index is 1430. The molecular formula is C24H23N5O7. The molecule has 0 radical (unpaired) electrons. The summed E-state index contributed by atoms with van der Waals surface area (Å²) in [6.45, 7) is 0.369. The van der Waals surface area contributed by atoms with Crippen LogP contribution in [0.2, 0.25) is 0 Å². The average Bonchev–Trinajstić information content (AvgIpc) is 3.48. The van der Waals surface area contributed by atoms with Crippen molar-refractivity contribution in [3.63, 3.8) is 0 Å². The lowest BCUT2D eigenvalue weighted by Gasteiger charge is -2.34. The summed E-state index contributed by atoms with van der Waals surface area (Å²) in [6, 6.07) is 11.7. The van der Waals surface area contributed by atoms with Crippen molar-refractivity contribution in [2.45, 2.75) is 12.2 Å². The predicted molar refractivity (Wildman–Crippen MR) is 128 cm³/mol. The zero-order chi connectivity index (χ0) is 25.4. The summed E-state index contributed by atoms with van der Waals surface area (Å²) in [5, 5.41) is 28.7. The largest absolute Gasteiger partial charge is 0.494 e. The van der Waals surface area contributed by atoms with Gasteiger partial charge in [-0.1, -0.05) is 11.2 Å². The van der Waals surface area contributed by atoms with E-state index in [2.05, 4.69) is 15.5 Å². The molecule has 0 saturated carbocycles. The van der Waals surface area contributed by atoms with Crippen LogP contribution in [0.4, 0.5) is 11.4 Å². The molecule has 1 aliphatic rings. The van der Waals surface area contributed by atoms with E-state index in [0.717, 1.165) is 5.39 Å². The van der Waals surface area contributed by atoms with Crippen LogP contribution in [-0.2, 0) is 21.4 Å². The van der Waals surface area contributed by atoms with E-state index in [4.69, 9.17) is 14.0 Å². The van der Waals surface area contributed by atoms with E-state index in [1.165, 1.54) is 12.0 Å². The molecule has 186 valence electrons. The number of methoxy groups -OCH3 is 1. The minimum atomic E-state index is -1.74. The van der Waals surface area contributed by atoms with E-state index in [1.54, 1.807) is 60.3 Å². The molecule has 0 unspecified atom stereocenters. The van der Waals surface area contributed by atoms with E-state index < -0.39 is 24.0 Å². The Kier molecular flexibility index (Phi) is 6.04. The number of aromatic hydroxyl groups is 1. The molecule has 2 amide bonds. The summed E-state index contributed by atoms with van der Waals surface area (Å²) < 4.78 is 16.8. The molecule has 2 atom stereocenters. The Morgan fingerprint density at radius 2 is 2.03 bits per heavy atom. The van der Waals surface area contributed by atoms with Gasteiger partial charge in [0.2, 0.25) is 5.82 Å². The second-order valence-electron chi connectivity index (χ2n) is 8.22. The maximum absolute atomic E-state index is 13.1. The SMILES string of the molecule is COc1nc(-c2ccc(NC(=O)[C@H](O)[C@H]3OCCN(c4ccc5cn(C)c(O)c5c4)C3=O)cc2)no1. The minimum absolute atomic E-state index is 0.0252. The number of aryl methyl sites for hydroxylation is 1. The van der Waals surface area contributed by atoms with Gasteiger partial charge in [0.25, 0.3) is 11.8 Å². The van der Waals surface area contributed by atoms with Crippen molar-refractivity contribution in [1.29, 1.82) is 0 Å². The standard InChI is InChI=1S/C24H23N5O7/c1-28-12-14-5-8-16(11-17(14)22(28)32)29-9-10-35-19(23(29)33)18(30)21(31)25-15-6-3-13(4-7-15)20-26-24(34-2)36-27-20/h3-8,11-12,18-19,30,32H,9-10H2,1-2H3,(H,25,31)/t18-,19-/m1/s1. The highest BCUT2D eigenvalue weighted by Gasteiger charge is 2.39. The number of morpholine rings is 1. The second kappa shape index (κ2) is 9.32. The molecule has 1 saturated heterocycles. The van der Waals surface area contributed by atoms with Gasteiger partial charge in [-0.05, 0) is 36.4 Å². The van der Waals surface area contributed by atoms with Crippen LogP contribution in [-0.4, -0.2) is 69.2 Å². The summed E-state index contributed by atoms with van der Waals surface area (Å²) in [7, 11) is 3.13. The topological polar surface area (TPSA) is 152 Å². The number of aromatic nitrogens is 3. The van der Waals surface area contributed by atoms with Crippen LogP contribution in [0.15, 0.2) is 53.2 Å². The van der Waals surface area contributed by atoms with Crippen LogP contribution in [0.5, 0.6) is 12.0 Å². The van der Waals surface area contributed by atoms with E-state index in [9.17, 15) is 19.8 Å². The number of carbonyl (C=O) groups excluding carboxylic acids is 2. The van der Waals surface area contributed by atoms with Crippen LogP contribution >= 0.6 is 0 Å². The van der Waals surface area contributed by atoms with E-state index in [0.29, 0.717) is 28.1 Å². The molecule has 2 aromatic heterocycles. The van der Waals surface area contributed by atoms with Gasteiger partial charge in [0.1, 0.15) is 0 Å². The van der Waals surface area contributed by atoms with E-state index >= 15 is 0 Å². The number of carbonyl (C=O) groups is 2. The Balaban J connectivity index is 1.28. The molecule has 4 aromatic rings. The Hall–Kier alpha value is -4.42. The fourth-order valence-electron chi connectivity index (χ4n) is 4.03. The van der Waals surface area contributed by atoms with Crippen molar-refractivity contribution in [3.8, 4) is 23.3 Å². The Morgan fingerprint density at radius 3 is 2.75 bits per heavy atom. The summed E-state index contributed by atoms with van der Waals surface area (Å²) in [5.74, 6) is -0.957. The van der Waals surface area contributed by atoms with Crippen LogP contribution in [0.25, 0.3) is 22.2 Å². The molecule has 5 rings (SSSR count). The fraction of sp³-hybridized carbons (Fsp3) is 0.250. The van der Waals surface area contributed by atoms with Gasteiger partial charge in [0.15, 0.2) is 18.1 Å². The third-order valence-electron chi connectivity index (χ3n) is 5.93. The Labute approximate surface area is 204 Å². The van der Waals surface area contributed by atoms with Gasteiger partial charge in [-0.2, -0.15) is 4.98 Å². The van der Waals surface area contributed by atoms with Crippen molar-refractivity contribution >= 4 is 34.0 Å². The average molecular weight is 493 g/mol. The zero-order valence-corrected chi connectivity index (χ0v) is 19.4. The quantitative estimate of drug-likeness (QED) is 0.364. The van der Waals surface area contributed by atoms with E-state index in [-0.39, 0.29) is 25.1 Å². The highest BCUT2D eigenvalue weighted by molar-refractivity contribution is 6.05. The summed E-state index contributed by atoms with van der Waals surface area (Å²) in [6.07, 6.45) is -1.32. The molecule has 12 nitrogen and oxygen atoms in total. The number of nitrogens with one attached hydrogen (secondary N) is 1. The highest BCUT2D eigenvalue weighted by Crippen LogP contribution is 2.31. The van der Waals surface area contributed by atoms with Crippen LogP contribution in [0.1, 0.15) is 0 Å². The number of aliphatic hydroxyl groups excluding tert-OH is 1. The van der Waals surface area contributed by atoms with Gasteiger partial charge in [0.05, 0.1) is 13.7 Å². The molecule has 36 heavy (non-hydrogen) atoms. The number of aliphatic hydroxyl groups is 1. The normalized spacial score (nSPS) is 16.8. The van der Waals surface area contributed by atoms with Gasteiger partial charge < -0.3 is 34.5 Å². The second-order valence-corrected chi connectivity index (χ2v) is 8.22. The lowest BCUT2D eigenvalue weighted by atomic mass is 10.1. The van der Waals surface area contributed by atoms with E-state index in [1.807, 2.05) is 0 Å². The minimum Gasteiger partial charge on any atom is -0.494 e. The van der Waals surface area contributed by atoms with Crippen LogP contribution in [0, 0.1) is 0 Å². The summed E-state index contributed by atoms with van der Waals surface area (Å²) in [5.41, 5.74) is 1.55. The first-order valence-electron chi connectivity index (χ1n) is 11.0. The lowest BCUT2D eigenvalue weighted by Crippen LogP contribution is -2.55. The number of nitrogens with zero attached hydrogens (tertiary/aromatic N) is 4. The van der Waals surface area contributed by atoms with Crippen LogP contribution in [0.3, 0.4) is 0 Å². The molecule has 1 aliphatic heterocycles. The molecule has 2 aromatic carbocycles. The van der Waals surface area contributed by atoms with Crippen molar-refractivity contribution in [1.82, 2.24) is 14.7 Å². The smallest absolute Gasteiger partial charge is 0.417 e. The maximum atomic E-state index is 13.1. The molecule has 3 N–H and O–H groups in total. The van der Waals surface area contributed by atoms with Crippen molar-refractivity contribution in [3.05, 3.63) is 48.7 Å². The third-order valence-corrected chi connectivity index (χ3v) is 5.93. The molecular weight excluding hydrogens is 470 g/mol. The molecule has 0 bridgehead atoms. The van der Waals surface area contributed by atoms with Crippen molar-refractivity contribution in [2.75, 3.05) is 30.5 Å². The predicted octanol–water partition coefficient (Wildman–Crippen LogP) is 1.67. The number of ether oxygens (including phenoxy) is 2. The molecule has 0 aliphatic carbocycles. The highest BCUT2D eigenvalue weighted by atomic mass is 16.6. The van der Waals surface area contributed by atoms with Gasteiger partial charge in [-0.25, -0.2) is 0 Å². The molecule has 12 heteroatoms.